The van der Waals surface area contributed by atoms with Crippen LogP contribution >= 0.6 is 0 Å². The van der Waals surface area contributed by atoms with Gasteiger partial charge in [0, 0.05) is 17.0 Å². The second-order valence-corrected chi connectivity index (χ2v) is 14.4. The first-order valence-electron chi connectivity index (χ1n) is 16.6. The molecule has 4 rings (SSSR count). The molecular formula is C37H44F6O6. The van der Waals surface area contributed by atoms with Crippen molar-refractivity contribution in [3.05, 3.63) is 58.4 Å². The Kier molecular flexibility index (Phi) is 11.4. The van der Waals surface area contributed by atoms with Crippen LogP contribution in [0.25, 0.3) is 22.1 Å². The molecule has 0 saturated heterocycles. The summed E-state index contributed by atoms with van der Waals surface area (Å²) in [7, 11) is 0. The maximum Gasteiger partial charge on any atom is 0.573 e. The van der Waals surface area contributed by atoms with Gasteiger partial charge in [-0.3, -0.25) is 4.79 Å². The molecule has 0 spiro atoms. The van der Waals surface area contributed by atoms with E-state index in [4.69, 9.17) is 13.9 Å². The van der Waals surface area contributed by atoms with Crippen LogP contribution in [0.15, 0.2) is 51.7 Å². The van der Waals surface area contributed by atoms with Crippen molar-refractivity contribution < 1.29 is 49.8 Å². The number of benzene rings is 2. The van der Waals surface area contributed by atoms with Gasteiger partial charge in [0.15, 0.2) is 0 Å². The Hall–Kier alpha value is -3.70. The lowest BCUT2D eigenvalue weighted by Crippen LogP contribution is -2.43. The number of halogens is 6. The van der Waals surface area contributed by atoms with Crippen molar-refractivity contribution in [1.82, 2.24) is 0 Å². The Bertz CT molecular complexity index is 1670. The van der Waals surface area contributed by atoms with Crippen LogP contribution in [0.4, 0.5) is 26.3 Å². The number of carbonyl (C=O) groups excluding carboxylic acids is 1. The number of carbonyl (C=O) groups is 1. The lowest BCUT2D eigenvalue weighted by molar-refractivity contribution is -0.274. The molecule has 1 heterocycles. The number of esters is 1. The minimum atomic E-state index is -5.01. The minimum Gasteiger partial charge on any atom is -0.489 e. The normalized spacial score (nSPS) is 19.9. The molecule has 0 aliphatic heterocycles. The molecule has 0 radical (unpaired) electrons. The lowest BCUT2D eigenvalue weighted by atomic mass is 9.73. The highest BCUT2D eigenvalue weighted by atomic mass is 19.4. The third-order valence-electron chi connectivity index (χ3n) is 8.99. The number of hydrogen-bond acceptors (Lipinski definition) is 6. The maximum atomic E-state index is 14.4. The average molecular weight is 699 g/mol. The summed E-state index contributed by atoms with van der Waals surface area (Å²) in [5.41, 5.74) is -1.89. The smallest absolute Gasteiger partial charge is 0.489 e. The first-order valence-corrected chi connectivity index (χ1v) is 16.6. The van der Waals surface area contributed by atoms with E-state index in [0.29, 0.717) is 30.2 Å². The third kappa shape index (κ3) is 9.72. The standard InChI is InChI=1S/C37H44F6O6/c1-7-9-10-11-22-12-15-25(30(18-22)49-37(41,42)43)26-19-23-13-14-24(20-29(23)47-32(26)44)46-27-16-17-28(31(27)36(38,39)40)48-33(45)35(6,8-2)21-34(3,4)5/h12-15,18-20,27-28,31H,7-11,16-17,21H2,1-6H3. The van der Waals surface area contributed by atoms with Gasteiger partial charge >= 0.3 is 24.1 Å². The second kappa shape index (κ2) is 14.6. The van der Waals surface area contributed by atoms with Gasteiger partial charge in [-0.1, -0.05) is 59.6 Å². The summed E-state index contributed by atoms with van der Waals surface area (Å²) in [6.07, 6.45) is -8.67. The largest absolute Gasteiger partial charge is 0.573 e. The van der Waals surface area contributed by atoms with Gasteiger partial charge in [-0.05, 0) is 80.7 Å². The predicted molar refractivity (Wildman–Crippen MR) is 173 cm³/mol. The Labute approximate surface area is 282 Å². The molecule has 1 aliphatic carbocycles. The number of rotatable bonds is 12. The quantitative estimate of drug-likeness (QED) is 0.0811. The second-order valence-electron chi connectivity index (χ2n) is 14.4. The van der Waals surface area contributed by atoms with E-state index in [-0.39, 0.29) is 40.7 Å². The van der Waals surface area contributed by atoms with Gasteiger partial charge in [0.2, 0.25) is 0 Å². The first kappa shape index (κ1) is 38.1. The molecule has 2 aromatic carbocycles. The van der Waals surface area contributed by atoms with E-state index in [2.05, 4.69) is 4.74 Å². The number of fused-ring (bicyclic) bond motifs is 1. The van der Waals surface area contributed by atoms with Crippen LogP contribution in [0.5, 0.6) is 11.5 Å². The fourth-order valence-corrected chi connectivity index (χ4v) is 6.67. The number of hydrogen-bond donors (Lipinski definition) is 0. The summed E-state index contributed by atoms with van der Waals surface area (Å²) in [5.74, 6) is -3.32. The van der Waals surface area contributed by atoms with Crippen molar-refractivity contribution in [3.63, 3.8) is 0 Å². The Morgan fingerprint density at radius 3 is 2.18 bits per heavy atom. The highest BCUT2D eigenvalue weighted by Gasteiger charge is 2.56. The van der Waals surface area contributed by atoms with E-state index in [1.807, 2.05) is 27.7 Å². The number of aryl methyl sites for hydroxylation is 1. The van der Waals surface area contributed by atoms with E-state index < -0.39 is 53.4 Å². The summed E-state index contributed by atoms with van der Waals surface area (Å²) in [6, 6.07) is 9.70. The van der Waals surface area contributed by atoms with Crippen molar-refractivity contribution in [3.8, 4) is 22.6 Å². The lowest BCUT2D eigenvalue weighted by Gasteiger charge is -2.35. The van der Waals surface area contributed by atoms with Crippen LogP contribution in [-0.4, -0.2) is 30.7 Å². The van der Waals surface area contributed by atoms with Crippen molar-refractivity contribution in [2.45, 2.75) is 118 Å². The molecule has 0 N–H and O–H groups in total. The summed E-state index contributed by atoms with van der Waals surface area (Å²) in [5, 5.41) is 0.301. The zero-order valence-corrected chi connectivity index (χ0v) is 28.6. The molecule has 0 amide bonds. The predicted octanol–water partition coefficient (Wildman–Crippen LogP) is 10.6. The Morgan fingerprint density at radius 1 is 0.878 bits per heavy atom. The molecule has 1 aliphatic rings. The fraction of sp³-hybridized carbons (Fsp3) is 0.568. The third-order valence-corrected chi connectivity index (χ3v) is 8.99. The van der Waals surface area contributed by atoms with Crippen molar-refractivity contribution >= 4 is 16.9 Å². The minimum absolute atomic E-state index is 0.0155. The zero-order chi connectivity index (χ0) is 36.4. The van der Waals surface area contributed by atoms with E-state index >= 15 is 0 Å². The molecule has 12 heteroatoms. The highest BCUT2D eigenvalue weighted by Crippen LogP contribution is 2.45. The van der Waals surface area contributed by atoms with Crippen molar-refractivity contribution in [1.29, 1.82) is 0 Å². The van der Waals surface area contributed by atoms with E-state index in [0.717, 1.165) is 19.3 Å². The number of ether oxygens (including phenoxy) is 3. The van der Waals surface area contributed by atoms with Crippen LogP contribution in [0.1, 0.15) is 92.1 Å². The van der Waals surface area contributed by atoms with Crippen LogP contribution in [0, 0.1) is 16.7 Å². The molecule has 49 heavy (non-hydrogen) atoms. The van der Waals surface area contributed by atoms with Gasteiger partial charge in [-0.25, -0.2) is 4.79 Å². The zero-order valence-electron chi connectivity index (χ0n) is 28.6. The van der Waals surface area contributed by atoms with E-state index in [1.54, 1.807) is 19.9 Å². The topological polar surface area (TPSA) is 75.0 Å². The fourth-order valence-electron chi connectivity index (χ4n) is 6.67. The molecule has 0 bridgehead atoms. The summed E-state index contributed by atoms with van der Waals surface area (Å²) in [4.78, 5) is 26.3. The van der Waals surface area contributed by atoms with Gasteiger partial charge in [0.25, 0.3) is 0 Å². The SMILES string of the molecule is CCCCCc1ccc(-c2cc3ccc(OC4CCC(OC(=O)C(C)(CC)CC(C)(C)C)C4C(F)(F)F)cc3oc2=O)c(OC(F)(F)F)c1. The van der Waals surface area contributed by atoms with Crippen LogP contribution in [-0.2, 0) is 16.0 Å². The number of alkyl halides is 6. The summed E-state index contributed by atoms with van der Waals surface area (Å²) >= 11 is 0. The summed E-state index contributed by atoms with van der Waals surface area (Å²) in [6.45, 7) is 11.4. The van der Waals surface area contributed by atoms with Crippen LogP contribution in [0.2, 0.25) is 0 Å². The number of unbranched alkanes of at least 4 members (excludes halogenated alkanes) is 2. The maximum absolute atomic E-state index is 14.4. The molecule has 1 saturated carbocycles. The van der Waals surface area contributed by atoms with Crippen molar-refractivity contribution in [2.24, 2.45) is 16.7 Å². The molecule has 1 fully saturated rings. The van der Waals surface area contributed by atoms with Crippen molar-refractivity contribution in [2.75, 3.05) is 0 Å². The molecule has 4 unspecified atom stereocenters. The van der Waals surface area contributed by atoms with Gasteiger partial charge < -0.3 is 18.6 Å². The first-order chi connectivity index (χ1) is 22.7. The van der Waals surface area contributed by atoms with Crippen LogP contribution in [0.3, 0.4) is 0 Å². The monoisotopic (exact) mass is 698 g/mol. The van der Waals surface area contributed by atoms with Gasteiger partial charge in [-0.15, -0.1) is 13.2 Å². The molecular weight excluding hydrogens is 654 g/mol. The van der Waals surface area contributed by atoms with Gasteiger partial charge in [-0.2, -0.15) is 13.2 Å². The van der Waals surface area contributed by atoms with Gasteiger partial charge in [0.1, 0.15) is 35.2 Å². The van der Waals surface area contributed by atoms with E-state index in [1.165, 1.54) is 36.4 Å². The molecule has 270 valence electrons. The average Bonchev–Trinajstić information content (AvgIpc) is 3.38. The summed E-state index contributed by atoms with van der Waals surface area (Å²) < 4.78 is 104. The molecule has 1 aromatic heterocycles. The highest BCUT2D eigenvalue weighted by molar-refractivity contribution is 5.84. The Balaban J connectivity index is 1.59. The van der Waals surface area contributed by atoms with Gasteiger partial charge in [0.05, 0.1) is 11.0 Å². The van der Waals surface area contributed by atoms with Crippen LogP contribution < -0.4 is 15.1 Å². The molecule has 6 nitrogen and oxygen atoms in total. The molecule has 3 aromatic rings. The Morgan fingerprint density at radius 2 is 1.57 bits per heavy atom. The molecule has 4 atom stereocenters. The van der Waals surface area contributed by atoms with E-state index in [9.17, 15) is 35.9 Å².